The number of carbonyl (C=O) groups excluding carboxylic acids is 1. The van der Waals surface area contributed by atoms with Gasteiger partial charge in [-0.25, -0.2) is 0 Å². The summed E-state index contributed by atoms with van der Waals surface area (Å²) in [5, 5.41) is 8.40. The summed E-state index contributed by atoms with van der Waals surface area (Å²) in [4.78, 5) is 12.8. The third-order valence-electron chi connectivity index (χ3n) is 5.48. The average molecular weight is 386 g/mol. The number of nitrogens with zero attached hydrogens (tertiary/aromatic N) is 3. The van der Waals surface area contributed by atoms with E-state index in [2.05, 4.69) is 59.2 Å². The number of carbonyl (C=O) groups is 1. The van der Waals surface area contributed by atoms with Gasteiger partial charge in [-0.15, -0.1) is 0 Å². The van der Waals surface area contributed by atoms with Gasteiger partial charge in [0, 0.05) is 47.1 Å². The highest BCUT2D eigenvalue weighted by atomic mass is 16.1. The molecule has 2 aromatic carbocycles. The summed E-state index contributed by atoms with van der Waals surface area (Å²) in [6.45, 7) is 7.73. The molecular weight excluding hydrogens is 360 g/mol. The maximum atomic E-state index is 12.8. The van der Waals surface area contributed by atoms with Crippen molar-refractivity contribution in [3.05, 3.63) is 89.4 Å². The predicted octanol–water partition coefficient (Wildman–Crippen LogP) is 4.32. The van der Waals surface area contributed by atoms with Crippen molar-refractivity contribution >= 4 is 16.8 Å². The Bertz CT molecular complexity index is 1130. The van der Waals surface area contributed by atoms with Crippen LogP contribution in [0.4, 0.5) is 0 Å². The Labute approximate surface area is 171 Å². The Balaban J connectivity index is 1.57. The first-order valence-electron chi connectivity index (χ1n) is 9.94. The summed E-state index contributed by atoms with van der Waals surface area (Å²) in [6.07, 6.45) is 3.64. The van der Waals surface area contributed by atoms with Gasteiger partial charge in [0.1, 0.15) is 0 Å². The van der Waals surface area contributed by atoms with Crippen LogP contribution in [0, 0.1) is 13.8 Å². The number of aromatic nitrogens is 3. The first-order chi connectivity index (χ1) is 14.0. The summed E-state index contributed by atoms with van der Waals surface area (Å²) in [5.41, 5.74) is 5.56. The molecule has 0 bridgehead atoms. The molecule has 5 heteroatoms. The predicted molar refractivity (Wildman–Crippen MR) is 116 cm³/mol. The zero-order valence-electron chi connectivity index (χ0n) is 17.1. The topological polar surface area (TPSA) is 51.9 Å². The van der Waals surface area contributed by atoms with Crippen molar-refractivity contribution < 1.29 is 4.79 Å². The van der Waals surface area contributed by atoms with E-state index in [4.69, 9.17) is 0 Å². The van der Waals surface area contributed by atoms with Crippen molar-refractivity contribution in [1.82, 2.24) is 19.7 Å². The Kier molecular flexibility index (Phi) is 5.21. The minimum absolute atomic E-state index is 0.0105. The van der Waals surface area contributed by atoms with E-state index in [9.17, 15) is 4.79 Å². The van der Waals surface area contributed by atoms with Crippen LogP contribution in [0.5, 0.6) is 0 Å². The maximum absolute atomic E-state index is 12.8. The van der Waals surface area contributed by atoms with Crippen LogP contribution in [0.3, 0.4) is 0 Å². The standard InChI is InChI=1S/C24H26N4O/c1-17(15-27-13-7-12-25-27)26-24(29)21-10-11-23-22(14-21)18(2)19(3)28(23)16-20-8-5-4-6-9-20/h4-14,17H,15-16H2,1-3H3,(H,26,29)/t17-/m0/s1. The lowest BCUT2D eigenvalue weighted by Gasteiger charge is -2.14. The molecule has 4 rings (SSSR count). The second-order valence-corrected chi connectivity index (χ2v) is 7.62. The van der Waals surface area contributed by atoms with E-state index in [1.54, 1.807) is 6.20 Å². The van der Waals surface area contributed by atoms with E-state index in [1.165, 1.54) is 16.8 Å². The van der Waals surface area contributed by atoms with Gasteiger partial charge in [-0.3, -0.25) is 9.48 Å². The second-order valence-electron chi connectivity index (χ2n) is 7.62. The Hall–Kier alpha value is -3.34. The quantitative estimate of drug-likeness (QED) is 0.536. The number of nitrogens with one attached hydrogen (secondary N) is 1. The molecule has 4 aromatic rings. The highest BCUT2D eigenvalue weighted by Crippen LogP contribution is 2.27. The molecule has 0 aliphatic heterocycles. The van der Waals surface area contributed by atoms with Gasteiger partial charge in [-0.1, -0.05) is 30.3 Å². The van der Waals surface area contributed by atoms with E-state index in [1.807, 2.05) is 42.1 Å². The smallest absolute Gasteiger partial charge is 0.251 e. The Morgan fingerprint density at radius 1 is 1.10 bits per heavy atom. The van der Waals surface area contributed by atoms with E-state index >= 15 is 0 Å². The third kappa shape index (κ3) is 3.94. The van der Waals surface area contributed by atoms with Crippen LogP contribution in [-0.2, 0) is 13.1 Å². The fourth-order valence-corrected chi connectivity index (χ4v) is 3.80. The molecule has 0 saturated heterocycles. The van der Waals surface area contributed by atoms with Crippen LogP contribution < -0.4 is 5.32 Å². The molecule has 1 amide bonds. The molecule has 0 saturated carbocycles. The molecule has 2 heterocycles. The lowest BCUT2D eigenvalue weighted by Crippen LogP contribution is -2.35. The van der Waals surface area contributed by atoms with E-state index in [0.29, 0.717) is 12.1 Å². The molecule has 0 fully saturated rings. The average Bonchev–Trinajstić information content (AvgIpc) is 3.31. The second kappa shape index (κ2) is 7.95. The molecule has 1 atom stereocenters. The van der Waals surface area contributed by atoms with Gasteiger partial charge >= 0.3 is 0 Å². The SMILES string of the molecule is Cc1c(C)n(Cc2ccccc2)c2ccc(C(=O)N[C@@H](C)Cn3cccn3)cc12. The molecule has 2 aromatic heterocycles. The van der Waals surface area contributed by atoms with E-state index in [-0.39, 0.29) is 11.9 Å². The minimum atomic E-state index is -0.0561. The minimum Gasteiger partial charge on any atom is -0.348 e. The van der Waals surface area contributed by atoms with Gasteiger partial charge in [0.15, 0.2) is 0 Å². The number of hydrogen-bond donors (Lipinski definition) is 1. The molecule has 1 N–H and O–H groups in total. The third-order valence-corrected chi connectivity index (χ3v) is 5.48. The molecular formula is C24H26N4O. The molecule has 148 valence electrons. The number of hydrogen-bond acceptors (Lipinski definition) is 2. The Morgan fingerprint density at radius 3 is 2.62 bits per heavy atom. The number of rotatable bonds is 6. The lowest BCUT2D eigenvalue weighted by atomic mass is 10.1. The summed E-state index contributed by atoms with van der Waals surface area (Å²) in [6, 6.07) is 18.3. The normalized spacial score (nSPS) is 12.2. The highest BCUT2D eigenvalue weighted by molar-refractivity contribution is 5.99. The van der Waals surface area contributed by atoms with Crippen LogP contribution in [0.2, 0.25) is 0 Å². The number of aryl methyl sites for hydroxylation is 1. The van der Waals surface area contributed by atoms with Crippen LogP contribution in [0.15, 0.2) is 67.0 Å². The monoisotopic (exact) mass is 386 g/mol. The van der Waals surface area contributed by atoms with E-state index in [0.717, 1.165) is 17.4 Å². The van der Waals surface area contributed by atoms with Crippen molar-refractivity contribution in [2.45, 2.75) is 39.9 Å². The van der Waals surface area contributed by atoms with Gasteiger partial charge in [0.25, 0.3) is 5.91 Å². The molecule has 0 radical (unpaired) electrons. The fourth-order valence-electron chi connectivity index (χ4n) is 3.80. The van der Waals surface area contributed by atoms with Crippen molar-refractivity contribution in [1.29, 1.82) is 0 Å². The first-order valence-corrected chi connectivity index (χ1v) is 9.94. The van der Waals surface area contributed by atoms with Crippen LogP contribution >= 0.6 is 0 Å². The van der Waals surface area contributed by atoms with Gasteiger partial charge < -0.3 is 9.88 Å². The van der Waals surface area contributed by atoms with Crippen molar-refractivity contribution in [2.24, 2.45) is 0 Å². The molecule has 29 heavy (non-hydrogen) atoms. The zero-order valence-corrected chi connectivity index (χ0v) is 17.1. The number of fused-ring (bicyclic) bond motifs is 1. The van der Waals surface area contributed by atoms with Crippen LogP contribution in [-0.4, -0.2) is 26.3 Å². The number of benzene rings is 2. The van der Waals surface area contributed by atoms with Crippen molar-refractivity contribution in [3.8, 4) is 0 Å². The van der Waals surface area contributed by atoms with Crippen LogP contribution in [0.25, 0.3) is 10.9 Å². The Morgan fingerprint density at radius 2 is 1.90 bits per heavy atom. The van der Waals surface area contributed by atoms with Gasteiger partial charge in [0.05, 0.1) is 6.54 Å². The summed E-state index contributed by atoms with van der Waals surface area (Å²) in [5.74, 6) is -0.0561. The fraction of sp³-hybridized carbons (Fsp3) is 0.250. The van der Waals surface area contributed by atoms with Crippen molar-refractivity contribution in [2.75, 3.05) is 0 Å². The van der Waals surface area contributed by atoms with Gasteiger partial charge in [-0.2, -0.15) is 5.10 Å². The summed E-state index contributed by atoms with van der Waals surface area (Å²) >= 11 is 0. The van der Waals surface area contributed by atoms with Gasteiger partial charge in [-0.05, 0) is 56.2 Å². The molecule has 0 unspecified atom stereocenters. The zero-order chi connectivity index (χ0) is 20.4. The summed E-state index contributed by atoms with van der Waals surface area (Å²) in [7, 11) is 0. The lowest BCUT2D eigenvalue weighted by molar-refractivity contribution is 0.0936. The molecule has 0 spiro atoms. The molecule has 5 nitrogen and oxygen atoms in total. The number of amides is 1. The van der Waals surface area contributed by atoms with Gasteiger partial charge in [0.2, 0.25) is 0 Å². The first kappa shape index (κ1) is 19.0. The summed E-state index contributed by atoms with van der Waals surface area (Å²) < 4.78 is 4.15. The largest absolute Gasteiger partial charge is 0.348 e. The molecule has 0 aliphatic carbocycles. The van der Waals surface area contributed by atoms with Crippen molar-refractivity contribution in [3.63, 3.8) is 0 Å². The highest BCUT2D eigenvalue weighted by Gasteiger charge is 2.15. The van der Waals surface area contributed by atoms with Crippen LogP contribution in [0.1, 0.15) is 34.1 Å². The van der Waals surface area contributed by atoms with E-state index < -0.39 is 0 Å². The maximum Gasteiger partial charge on any atom is 0.251 e. The molecule has 0 aliphatic rings.